The van der Waals surface area contributed by atoms with Crippen molar-refractivity contribution < 1.29 is 9.22 Å². The molecule has 1 atom stereocenters. The number of nitrogens with zero attached hydrogens (tertiary/aromatic N) is 1. The Morgan fingerprint density at radius 3 is 2.40 bits per heavy atom. The third kappa shape index (κ3) is 4.59. The molecule has 4 heteroatoms. The summed E-state index contributed by atoms with van der Waals surface area (Å²) in [5.41, 5.74) is 0. The zero-order valence-electron chi connectivity index (χ0n) is 14.3. The van der Waals surface area contributed by atoms with Crippen molar-refractivity contribution in [2.75, 3.05) is 13.2 Å². The summed E-state index contributed by atoms with van der Waals surface area (Å²) in [6, 6.07) is 0.389. The summed E-state index contributed by atoms with van der Waals surface area (Å²) < 4.78 is 6.27. The van der Waals surface area contributed by atoms with E-state index in [0.717, 1.165) is 45.3 Å². The summed E-state index contributed by atoms with van der Waals surface area (Å²) in [4.78, 5) is 14.0. The van der Waals surface area contributed by atoms with Gasteiger partial charge < -0.3 is 9.33 Å². The lowest BCUT2D eigenvalue weighted by Crippen LogP contribution is -2.43. The molecule has 1 amide bonds. The summed E-state index contributed by atoms with van der Waals surface area (Å²) in [6.07, 6.45) is 5.00. The Morgan fingerprint density at radius 2 is 1.95 bits per heavy atom. The second-order valence-electron chi connectivity index (χ2n) is 7.53. The molecule has 0 unspecified atom stereocenters. The molecule has 0 radical (unpaired) electrons. The van der Waals surface area contributed by atoms with Crippen molar-refractivity contribution in [3.05, 3.63) is 0 Å². The van der Waals surface area contributed by atoms with Crippen molar-refractivity contribution in [2.24, 2.45) is 0 Å². The average Bonchev–Trinajstić information content (AvgIpc) is 2.72. The molecule has 0 aromatic carbocycles. The van der Waals surface area contributed by atoms with Crippen LogP contribution in [0.2, 0.25) is 18.1 Å². The molecule has 1 rings (SSSR count). The zero-order chi connectivity index (χ0) is 15.4. The lowest BCUT2D eigenvalue weighted by molar-refractivity contribution is -0.130. The lowest BCUT2D eigenvalue weighted by atomic mass is 10.1. The number of amides is 1. The van der Waals surface area contributed by atoms with E-state index < -0.39 is 8.32 Å². The van der Waals surface area contributed by atoms with Gasteiger partial charge in [-0.25, -0.2) is 0 Å². The van der Waals surface area contributed by atoms with Gasteiger partial charge in [-0.05, 0) is 37.4 Å². The largest absolute Gasteiger partial charge is 0.417 e. The highest BCUT2D eigenvalue weighted by Crippen LogP contribution is 2.36. The molecule has 3 nitrogen and oxygen atoms in total. The molecule has 1 heterocycles. The van der Waals surface area contributed by atoms with Crippen LogP contribution in [0, 0.1) is 0 Å². The Balaban J connectivity index is 2.49. The number of hydrogen-bond donors (Lipinski definition) is 0. The maximum atomic E-state index is 11.9. The Hall–Kier alpha value is -0.353. The molecule has 0 aromatic heterocycles. The number of carbonyl (C=O) groups is 1. The van der Waals surface area contributed by atoms with Crippen LogP contribution in [0.25, 0.3) is 0 Å². The van der Waals surface area contributed by atoms with E-state index in [1.807, 2.05) is 0 Å². The predicted octanol–water partition coefficient (Wildman–Crippen LogP) is 4.19. The summed E-state index contributed by atoms with van der Waals surface area (Å²) in [7, 11) is -1.65. The first-order valence-electron chi connectivity index (χ1n) is 8.12. The second-order valence-corrected chi connectivity index (χ2v) is 12.3. The van der Waals surface area contributed by atoms with Gasteiger partial charge in [0.1, 0.15) is 0 Å². The smallest absolute Gasteiger partial charge is 0.222 e. The standard InChI is InChI=1S/C16H33NO2Si/c1-7-9-14(17-12-8-10-15(17)18)11-13-19-20(5,6)16(2,3)4/h14H,7-13H2,1-6H3/t14-/m1/s1. The quantitative estimate of drug-likeness (QED) is 0.660. The molecule has 1 saturated heterocycles. The van der Waals surface area contributed by atoms with Gasteiger partial charge in [0.05, 0.1) is 0 Å². The summed E-state index contributed by atoms with van der Waals surface area (Å²) >= 11 is 0. The first kappa shape index (κ1) is 17.7. The highest BCUT2D eigenvalue weighted by atomic mass is 28.4. The maximum absolute atomic E-state index is 11.9. The molecule has 1 aliphatic heterocycles. The van der Waals surface area contributed by atoms with E-state index >= 15 is 0 Å². The number of carbonyl (C=O) groups excluding carboxylic acids is 1. The molecule has 0 aromatic rings. The third-order valence-corrected chi connectivity index (χ3v) is 9.43. The third-order valence-electron chi connectivity index (χ3n) is 4.89. The van der Waals surface area contributed by atoms with Crippen molar-refractivity contribution in [3.8, 4) is 0 Å². The Bertz CT molecular complexity index is 323. The first-order chi connectivity index (χ1) is 9.19. The van der Waals surface area contributed by atoms with Gasteiger partial charge in [-0.15, -0.1) is 0 Å². The van der Waals surface area contributed by atoms with Gasteiger partial charge in [0, 0.05) is 25.6 Å². The van der Waals surface area contributed by atoms with E-state index in [-0.39, 0.29) is 5.04 Å². The Morgan fingerprint density at radius 1 is 1.30 bits per heavy atom. The van der Waals surface area contributed by atoms with Crippen molar-refractivity contribution >= 4 is 14.2 Å². The van der Waals surface area contributed by atoms with E-state index in [0.29, 0.717) is 11.9 Å². The van der Waals surface area contributed by atoms with Crippen LogP contribution in [-0.2, 0) is 9.22 Å². The minimum atomic E-state index is -1.65. The number of rotatable bonds is 7. The topological polar surface area (TPSA) is 29.5 Å². The molecule has 0 saturated carbocycles. The predicted molar refractivity (Wildman–Crippen MR) is 87.4 cm³/mol. The summed E-state index contributed by atoms with van der Waals surface area (Å²) in [6.45, 7) is 15.3. The monoisotopic (exact) mass is 299 g/mol. The zero-order valence-corrected chi connectivity index (χ0v) is 15.3. The van der Waals surface area contributed by atoms with Gasteiger partial charge in [0.2, 0.25) is 5.91 Å². The van der Waals surface area contributed by atoms with Crippen LogP contribution in [-0.4, -0.2) is 38.3 Å². The molecule has 1 fully saturated rings. The molecule has 0 N–H and O–H groups in total. The van der Waals surface area contributed by atoms with Crippen LogP contribution in [0.4, 0.5) is 0 Å². The molecule has 20 heavy (non-hydrogen) atoms. The van der Waals surface area contributed by atoms with Gasteiger partial charge in [-0.1, -0.05) is 34.1 Å². The van der Waals surface area contributed by atoms with E-state index in [1.165, 1.54) is 0 Å². The highest BCUT2D eigenvalue weighted by molar-refractivity contribution is 6.74. The molecule has 1 aliphatic rings. The molecule has 0 spiro atoms. The minimum absolute atomic E-state index is 0.261. The van der Waals surface area contributed by atoms with Crippen LogP contribution in [0.1, 0.15) is 59.8 Å². The van der Waals surface area contributed by atoms with Crippen LogP contribution in [0.5, 0.6) is 0 Å². The lowest BCUT2D eigenvalue weighted by Gasteiger charge is -2.37. The van der Waals surface area contributed by atoms with Crippen molar-refractivity contribution in [3.63, 3.8) is 0 Å². The molecule has 118 valence electrons. The van der Waals surface area contributed by atoms with Gasteiger partial charge >= 0.3 is 0 Å². The fraction of sp³-hybridized carbons (Fsp3) is 0.938. The van der Waals surface area contributed by atoms with Gasteiger partial charge in [0.25, 0.3) is 0 Å². The van der Waals surface area contributed by atoms with Gasteiger partial charge in [-0.3, -0.25) is 4.79 Å². The van der Waals surface area contributed by atoms with Crippen molar-refractivity contribution in [2.45, 2.75) is 84.0 Å². The fourth-order valence-corrected chi connectivity index (χ4v) is 3.57. The normalized spacial score (nSPS) is 18.7. The van der Waals surface area contributed by atoms with Crippen molar-refractivity contribution in [1.29, 1.82) is 0 Å². The Labute approximate surface area is 126 Å². The van der Waals surface area contributed by atoms with Crippen molar-refractivity contribution in [1.82, 2.24) is 4.90 Å². The fourth-order valence-electron chi connectivity index (χ4n) is 2.51. The number of hydrogen-bond acceptors (Lipinski definition) is 2. The average molecular weight is 300 g/mol. The SMILES string of the molecule is CCC[C@H](CCO[Si](C)(C)C(C)(C)C)N1CCCC1=O. The van der Waals surface area contributed by atoms with Crippen LogP contribution >= 0.6 is 0 Å². The molecular weight excluding hydrogens is 266 g/mol. The minimum Gasteiger partial charge on any atom is -0.417 e. The molecule has 0 aliphatic carbocycles. The van der Waals surface area contributed by atoms with Crippen LogP contribution in [0.3, 0.4) is 0 Å². The summed E-state index contributed by atoms with van der Waals surface area (Å²) in [5.74, 6) is 0.343. The van der Waals surface area contributed by atoms with E-state index in [2.05, 4.69) is 45.7 Å². The van der Waals surface area contributed by atoms with E-state index in [4.69, 9.17) is 4.43 Å². The molecule has 0 bridgehead atoms. The molecular formula is C16H33NO2Si. The second kappa shape index (κ2) is 7.08. The Kier molecular flexibility index (Phi) is 6.26. The summed E-state index contributed by atoms with van der Waals surface area (Å²) in [5, 5.41) is 0.261. The number of likely N-dealkylation sites (tertiary alicyclic amines) is 1. The van der Waals surface area contributed by atoms with E-state index in [9.17, 15) is 4.79 Å². The van der Waals surface area contributed by atoms with E-state index in [1.54, 1.807) is 0 Å². The van der Waals surface area contributed by atoms with Gasteiger partial charge in [-0.2, -0.15) is 0 Å². The van der Waals surface area contributed by atoms with Crippen LogP contribution < -0.4 is 0 Å². The maximum Gasteiger partial charge on any atom is 0.222 e. The van der Waals surface area contributed by atoms with Gasteiger partial charge in [0.15, 0.2) is 8.32 Å². The van der Waals surface area contributed by atoms with Crippen LogP contribution in [0.15, 0.2) is 0 Å². The highest BCUT2D eigenvalue weighted by Gasteiger charge is 2.37. The first-order valence-corrected chi connectivity index (χ1v) is 11.0.